The van der Waals surface area contributed by atoms with Gasteiger partial charge in [-0.05, 0) is 30.5 Å². The molecule has 0 aromatic heterocycles. The third-order valence-corrected chi connectivity index (χ3v) is 3.01. The third kappa shape index (κ3) is 3.24. The van der Waals surface area contributed by atoms with Gasteiger partial charge in [0, 0.05) is 12.5 Å². The van der Waals surface area contributed by atoms with Crippen molar-refractivity contribution in [2.24, 2.45) is 0 Å². The van der Waals surface area contributed by atoms with E-state index in [1.54, 1.807) is 19.2 Å². The molecule has 94 valence electrons. The zero-order valence-electron chi connectivity index (χ0n) is 10.3. The van der Waals surface area contributed by atoms with Crippen molar-refractivity contribution in [1.82, 2.24) is 5.32 Å². The van der Waals surface area contributed by atoms with Gasteiger partial charge < -0.3 is 10.1 Å². The van der Waals surface area contributed by atoms with E-state index >= 15 is 0 Å². The molecule has 4 heteroatoms. The second-order valence-electron chi connectivity index (χ2n) is 4.50. The number of nitriles is 1. The Labute approximate surface area is 107 Å². The van der Waals surface area contributed by atoms with Crippen molar-refractivity contribution in [1.29, 1.82) is 5.26 Å². The summed E-state index contributed by atoms with van der Waals surface area (Å²) >= 11 is 0. The molecule has 1 aliphatic carbocycles. The van der Waals surface area contributed by atoms with E-state index in [4.69, 9.17) is 10.00 Å². The molecule has 0 spiro atoms. The number of hydrogen-bond acceptors (Lipinski definition) is 3. The number of carbonyl (C=O) groups is 1. The minimum absolute atomic E-state index is 0.0418. The van der Waals surface area contributed by atoms with Crippen LogP contribution in [0.15, 0.2) is 24.3 Å². The van der Waals surface area contributed by atoms with Crippen LogP contribution in [0.25, 0.3) is 0 Å². The number of nitrogens with one attached hydrogen (secondary N) is 1. The average Bonchev–Trinajstić information content (AvgIpc) is 3.20. The lowest BCUT2D eigenvalue weighted by Gasteiger charge is -2.10. The SMILES string of the molecule is COc1ccc(C(C#N)CC(=O)NC2CC2)cc1. The fourth-order valence-electron chi connectivity index (χ4n) is 1.77. The van der Waals surface area contributed by atoms with Gasteiger partial charge in [0.05, 0.1) is 19.1 Å². The summed E-state index contributed by atoms with van der Waals surface area (Å²) in [6, 6.07) is 9.79. The fraction of sp³-hybridized carbons (Fsp3) is 0.429. The van der Waals surface area contributed by atoms with Gasteiger partial charge in [-0.1, -0.05) is 12.1 Å². The molecule has 4 nitrogen and oxygen atoms in total. The molecule has 1 aromatic rings. The van der Waals surface area contributed by atoms with Crippen LogP contribution in [0, 0.1) is 11.3 Å². The van der Waals surface area contributed by atoms with Crippen molar-refractivity contribution in [3.05, 3.63) is 29.8 Å². The molecule has 1 fully saturated rings. The largest absolute Gasteiger partial charge is 0.497 e. The molecule has 1 atom stereocenters. The molecular formula is C14H16N2O2. The van der Waals surface area contributed by atoms with Gasteiger partial charge in [-0.15, -0.1) is 0 Å². The maximum absolute atomic E-state index is 11.7. The number of benzene rings is 1. The first kappa shape index (κ1) is 12.4. The number of amides is 1. The van der Waals surface area contributed by atoms with Gasteiger partial charge in [0.2, 0.25) is 5.91 Å². The number of hydrogen-bond donors (Lipinski definition) is 1. The molecule has 1 aromatic carbocycles. The van der Waals surface area contributed by atoms with Gasteiger partial charge in [0.15, 0.2) is 0 Å². The first-order valence-corrected chi connectivity index (χ1v) is 6.06. The van der Waals surface area contributed by atoms with Crippen LogP contribution in [0.5, 0.6) is 5.75 Å². The van der Waals surface area contributed by atoms with Gasteiger partial charge in [0.25, 0.3) is 0 Å². The number of ether oxygens (including phenoxy) is 1. The van der Waals surface area contributed by atoms with Crippen molar-refractivity contribution < 1.29 is 9.53 Å². The van der Waals surface area contributed by atoms with Crippen LogP contribution in [-0.4, -0.2) is 19.1 Å². The Hall–Kier alpha value is -2.02. The predicted molar refractivity (Wildman–Crippen MR) is 67.1 cm³/mol. The Kier molecular flexibility index (Phi) is 3.83. The van der Waals surface area contributed by atoms with Crippen LogP contribution in [0.4, 0.5) is 0 Å². The van der Waals surface area contributed by atoms with E-state index in [9.17, 15) is 4.79 Å². The van der Waals surface area contributed by atoms with Gasteiger partial charge in [-0.2, -0.15) is 5.26 Å². The molecule has 1 unspecified atom stereocenters. The fourth-order valence-corrected chi connectivity index (χ4v) is 1.77. The van der Waals surface area contributed by atoms with Gasteiger partial charge in [-0.3, -0.25) is 4.79 Å². The molecule has 1 aliphatic rings. The lowest BCUT2D eigenvalue weighted by atomic mass is 9.97. The monoisotopic (exact) mass is 244 g/mol. The Morgan fingerprint density at radius 1 is 1.50 bits per heavy atom. The van der Waals surface area contributed by atoms with Gasteiger partial charge in [-0.25, -0.2) is 0 Å². The first-order valence-electron chi connectivity index (χ1n) is 6.06. The molecule has 0 saturated heterocycles. The van der Waals surface area contributed by atoms with E-state index in [1.807, 2.05) is 12.1 Å². The molecule has 0 heterocycles. The van der Waals surface area contributed by atoms with Crippen LogP contribution >= 0.6 is 0 Å². The summed E-state index contributed by atoms with van der Waals surface area (Å²) in [6.45, 7) is 0. The highest BCUT2D eigenvalue weighted by molar-refractivity contribution is 5.78. The maximum atomic E-state index is 11.7. The highest BCUT2D eigenvalue weighted by Gasteiger charge is 2.25. The van der Waals surface area contributed by atoms with Crippen LogP contribution in [0.3, 0.4) is 0 Å². The molecule has 1 amide bonds. The van der Waals surface area contributed by atoms with Crippen molar-refractivity contribution in [2.75, 3.05) is 7.11 Å². The lowest BCUT2D eigenvalue weighted by Crippen LogP contribution is -2.26. The zero-order valence-corrected chi connectivity index (χ0v) is 10.3. The van der Waals surface area contributed by atoms with E-state index in [0.717, 1.165) is 24.2 Å². The smallest absolute Gasteiger partial charge is 0.221 e. The van der Waals surface area contributed by atoms with Gasteiger partial charge >= 0.3 is 0 Å². The standard InChI is InChI=1S/C14H16N2O2/c1-18-13-6-2-10(3-7-13)11(9-15)8-14(17)16-12-4-5-12/h2-3,6-7,11-12H,4-5,8H2,1H3,(H,16,17). The quantitative estimate of drug-likeness (QED) is 0.861. The summed E-state index contributed by atoms with van der Waals surface area (Å²) in [4.78, 5) is 11.7. The van der Waals surface area contributed by atoms with E-state index in [2.05, 4.69) is 11.4 Å². The molecule has 0 radical (unpaired) electrons. The van der Waals surface area contributed by atoms with E-state index in [1.165, 1.54) is 0 Å². The van der Waals surface area contributed by atoms with Crippen molar-refractivity contribution in [2.45, 2.75) is 31.2 Å². The summed E-state index contributed by atoms with van der Waals surface area (Å²) in [5.74, 6) is 0.312. The number of methoxy groups -OCH3 is 1. The summed E-state index contributed by atoms with van der Waals surface area (Å²) in [6.07, 6.45) is 2.34. The number of nitrogens with zero attached hydrogens (tertiary/aromatic N) is 1. The molecule has 1 saturated carbocycles. The minimum atomic E-state index is -0.394. The van der Waals surface area contributed by atoms with Crippen molar-refractivity contribution in [3.63, 3.8) is 0 Å². The first-order chi connectivity index (χ1) is 8.72. The average molecular weight is 244 g/mol. The van der Waals surface area contributed by atoms with Crippen molar-refractivity contribution in [3.8, 4) is 11.8 Å². The molecule has 0 bridgehead atoms. The third-order valence-electron chi connectivity index (χ3n) is 3.01. The van der Waals surface area contributed by atoms with E-state index in [0.29, 0.717) is 6.04 Å². The highest BCUT2D eigenvalue weighted by Crippen LogP contribution is 2.23. The molecule has 1 N–H and O–H groups in total. The van der Waals surface area contributed by atoms with Crippen molar-refractivity contribution >= 4 is 5.91 Å². The topological polar surface area (TPSA) is 62.1 Å². The molecule has 18 heavy (non-hydrogen) atoms. The van der Waals surface area contributed by atoms with Crippen LogP contribution in [0.2, 0.25) is 0 Å². The lowest BCUT2D eigenvalue weighted by molar-refractivity contribution is -0.121. The van der Waals surface area contributed by atoms with E-state index in [-0.39, 0.29) is 12.3 Å². The Bertz CT molecular complexity index is 458. The molecular weight excluding hydrogens is 228 g/mol. The van der Waals surface area contributed by atoms with Crippen LogP contribution in [0.1, 0.15) is 30.7 Å². The number of carbonyl (C=O) groups excluding carboxylic acids is 1. The maximum Gasteiger partial charge on any atom is 0.221 e. The van der Waals surface area contributed by atoms with E-state index < -0.39 is 5.92 Å². The Morgan fingerprint density at radius 3 is 2.67 bits per heavy atom. The summed E-state index contributed by atoms with van der Waals surface area (Å²) in [5, 5.41) is 12.0. The Balaban J connectivity index is 1.98. The number of rotatable bonds is 5. The second kappa shape index (κ2) is 5.54. The minimum Gasteiger partial charge on any atom is -0.497 e. The predicted octanol–water partition coefficient (Wildman–Crippen LogP) is 1.97. The normalized spacial score (nSPS) is 15.6. The molecule has 0 aliphatic heterocycles. The summed E-state index contributed by atoms with van der Waals surface area (Å²) in [5.41, 5.74) is 0.851. The highest BCUT2D eigenvalue weighted by atomic mass is 16.5. The zero-order chi connectivity index (χ0) is 13.0. The molecule has 2 rings (SSSR count). The summed E-state index contributed by atoms with van der Waals surface area (Å²) < 4.78 is 5.06. The van der Waals surface area contributed by atoms with Crippen LogP contribution < -0.4 is 10.1 Å². The Morgan fingerprint density at radius 2 is 2.17 bits per heavy atom. The second-order valence-corrected chi connectivity index (χ2v) is 4.50. The summed E-state index contributed by atoms with van der Waals surface area (Å²) in [7, 11) is 1.60. The van der Waals surface area contributed by atoms with Gasteiger partial charge in [0.1, 0.15) is 5.75 Å². The van der Waals surface area contributed by atoms with Crippen LogP contribution in [-0.2, 0) is 4.79 Å².